The van der Waals surface area contributed by atoms with Gasteiger partial charge in [-0.15, -0.1) is 24.0 Å². The molecule has 2 aliphatic heterocycles. The second-order valence-electron chi connectivity index (χ2n) is 6.92. The van der Waals surface area contributed by atoms with Gasteiger partial charge in [-0.3, -0.25) is 4.99 Å². The number of nitrogens with one attached hydrogen (secondary N) is 1. The molecule has 0 amide bonds. The fourth-order valence-electron chi connectivity index (χ4n) is 3.76. The van der Waals surface area contributed by atoms with E-state index in [1.807, 2.05) is 26.1 Å². The normalized spacial score (nSPS) is 22.1. The molecule has 1 unspecified atom stereocenters. The van der Waals surface area contributed by atoms with E-state index in [1.165, 1.54) is 0 Å². The molecule has 0 aliphatic carbocycles. The predicted octanol–water partition coefficient (Wildman–Crippen LogP) is 3.55. The van der Waals surface area contributed by atoms with Crippen LogP contribution < -0.4 is 14.8 Å². The molecular formula is C19H29ClIN3O3. The number of aliphatic imine (C=N–C) groups is 1. The van der Waals surface area contributed by atoms with Crippen LogP contribution in [0.1, 0.15) is 25.3 Å². The SMILES string of the molecule is CCOc1c(Cl)cc(CNC(=NC)N2CCC3(CCOC3)C2)cc1OC.I. The molecule has 6 nitrogen and oxygen atoms in total. The van der Waals surface area contributed by atoms with Crippen molar-refractivity contribution < 1.29 is 14.2 Å². The highest BCUT2D eigenvalue weighted by atomic mass is 127. The summed E-state index contributed by atoms with van der Waals surface area (Å²) < 4.78 is 16.6. The van der Waals surface area contributed by atoms with Gasteiger partial charge in [0.05, 0.1) is 25.3 Å². The molecule has 1 N–H and O–H groups in total. The first-order chi connectivity index (χ1) is 12.6. The van der Waals surface area contributed by atoms with Gasteiger partial charge in [0, 0.05) is 38.7 Å². The number of rotatable bonds is 5. The predicted molar refractivity (Wildman–Crippen MR) is 119 cm³/mol. The van der Waals surface area contributed by atoms with Crippen LogP contribution in [-0.4, -0.2) is 57.9 Å². The fraction of sp³-hybridized carbons (Fsp3) is 0.632. The third-order valence-corrected chi connectivity index (χ3v) is 5.44. The van der Waals surface area contributed by atoms with Gasteiger partial charge in [-0.1, -0.05) is 11.6 Å². The van der Waals surface area contributed by atoms with E-state index in [0.717, 1.165) is 50.7 Å². The molecule has 8 heteroatoms. The monoisotopic (exact) mass is 509 g/mol. The van der Waals surface area contributed by atoms with Crippen LogP contribution >= 0.6 is 35.6 Å². The van der Waals surface area contributed by atoms with Crippen LogP contribution in [0.2, 0.25) is 5.02 Å². The summed E-state index contributed by atoms with van der Waals surface area (Å²) in [4.78, 5) is 6.77. The summed E-state index contributed by atoms with van der Waals surface area (Å²) in [5, 5.41) is 4.00. The van der Waals surface area contributed by atoms with Gasteiger partial charge in [0.15, 0.2) is 17.5 Å². The Morgan fingerprint density at radius 1 is 1.41 bits per heavy atom. The van der Waals surface area contributed by atoms with E-state index in [-0.39, 0.29) is 24.0 Å². The number of benzene rings is 1. The quantitative estimate of drug-likeness (QED) is 0.374. The molecule has 3 rings (SSSR count). The van der Waals surface area contributed by atoms with Crippen molar-refractivity contribution in [2.45, 2.75) is 26.3 Å². The summed E-state index contributed by atoms with van der Waals surface area (Å²) in [6.45, 7) is 6.84. The Morgan fingerprint density at radius 2 is 2.22 bits per heavy atom. The summed E-state index contributed by atoms with van der Waals surface area (Å²) >= 11 is 6.36. The van der Waals surface area contributed by atoms with Crippen molar-refractivity contribution in [2.24, 2.45) is 10.4 Å². The summed E-state index contributed by atoms with van der Waals surface area (Å²) in [6.07, 6.45) is 2.31. The number of halogens is 2. The molecule has 1 atom stereocenters. The Balaban J connectivity index is 0.00000261. The Labute approximate surface area is 183 Å². The first-order valence-corrected chi connectivity index (χ1v) is 9.51. The van der Waals surface area contributed by atoms with Crippen molar-refractivity contribution in [3.05, 3.63) is 22.7 Å². The highest BCUT2D eigenvalue weighted by Gasteiger charge is 2.42. The molecular weight excluding hydrogens is 481 g/mol. The van der Waals surface area contributed by atoms with Gasteiger partial charge in [-0.25, -0.2) is 0 Å². The standard InChI is InChI=1S/C19H28ClN3O3.HI/c1-4-26-17-15(20)9-14(10-16(17)24-3)11-22-18(21-2)23-7-5-19(12-23)6-8-25-13-19;/h9-10H,4-8,11-13H2,1-3H3,(H,21,22);1H. The maximum Gasteiger partial charge on any atom is 0.193 e. The molecule has 1 spiro atoms. The third-order valence-electron chi connectivity index (χ3n) is 5.16. The van der Waals surface area contributed by atoms with Crippen molar-refractivity contribution >= 4 is 41.5 Å². The number of ether oxygens (including phenoxy) is 3. The molecule has 1 aromatic rings. The summed E-state index contributed by atoms with van der Waals surface area (Å²) in [6, 6.07) is 3.86. The van der Waals surface area contributed by atoms with Crippen molar-refractivity contribution in [2.75, 3.05) is 47.1 Å². The minimum atomic E-state index is 0. The number of hydrogen-bond acceptors (Lipinski definition) is 4. The third kappa shape index (κ3) is 5.12. The molecule has 0 bridgehead atoms. The van der Waals surface area contributed by atoms with Crippen LogP contribution in [0, 0.1) is 5.41 Å². The van der Waals surface area contributed by atoms with Gasteiger partial charge < -0.3 is 24.4 Å². The first kappa shape index (κ1) is 22.4. The number of hydrogen-bond donors (Lipinski definition) is 1. The van der Waals surface area contributed by atoms with E-state index in [1.54, 1.807) is 7.11 Å². The molecule has 1 aromatic carbocycles. The van der Waals surface area contributed by atoms with Gasteiger partial charge in [-0.2, -0.15) is 0 Å². The average molecular weight is 510 g/mol. The van der Waals surface area contributed by atoms with Crippen LogP contribution in [0.4, 0.5) is 0 Å². The van der Waals surface area contributed by atoms with Gasteiger partial charge in [0.2, 0.25) is 0 Å². The van der Waals surface area contributed by atoms with E-state index in [2.05, 4.69) is 15.2 Å². The molecule has 0 saturated carbocycles. The van der Waals surface area contributed by atoms with E-state index in [9.17, 15) is 0 Å². The van der Waals surface area contributed by atoms with Crippen LogP contribution in [0.15, 0.2) is 17.1 Å². The second-order valence-corrected chi connectivity index (χ2v) is 7.32. The van der Waals surface area contributed by atoms with E-state index >= 15 is 0 Å². The molecule has 2 heterocycles. The molecule has 2 saturated heterocycles. The molecule has 2 aliphatic rings. The molecule has 0 aromatic heterocycles. The maximum absolute atomic E-state index is 6.36. The lowest BCUT2D eigenvalue weighted by Crippen LogP contribution is -2.41. The second kappa shape index (κ2) is 10.0. The van der Waals surface area contributed by atoms with Crippen LogP contribution in [0.5, 0.6) is 11.5 Å². The van der Waals surface area contributed by atoms with E-state index in [0.29, 0.717) is 35.1 Å². The van der Waals surface area contributed by atoms with Gasteiger partial charge in [-0.05, 0) is 37.5 Å². The largest absolute Gasteiger partial charge is 0.493 e. The minimum absolute atomic E-state index is 0. The number of nitrogens with zero attached hydrogens (tertiary/aromatic N) is 2. The van der Waals surface area contributed by atoms with Gasteiger partial charge >= 0.3 is 0 Å². The lowest BCUT2D eigenvalue weighted by Gasteiger charge is -2.25. The minimum Gasteiger partial charge on any atom is -0.493 e. The summed E-state index contributed by atoms with van der Waals surface area (Å²) in [5.41, 5.74) is 1.33. The van der Waals surface area contributed by atoms with Crippen molar-refractivity contribution in [3.8, 4) is 11.5 Å². The first-order valence-electron chi connectivity index (χ1n) is 9.13. The number of guanidine groups is 1. The molecule has 152 valence electrons. The topological polar surface area (TPSA) is 55.3 Å². The number of likely N-dealkylation sites (tertiary alicyclic amines) is 1. The summed E-state index contributed by atoms with van der Waals surface area (Å²) in [7, 11) is 3.45. The Morgan fingerprint density at radius 3 is 2.85 bits per heavy atom. The van der Waals surface area contributed by atoms with Crippen LogP contribution in [0.3, 0.4) is 0 Å². The molecule has 2 fully saturated rings. The van der Waals surface area contributed by atoms with Gasteiger partial charge in [0.1, 0.15) is 0 Å². The zero-order valence-corrected chi connectivity index (χ0v) is 19.3. The van der Waals surface area contributed by atoms with E-state index in [4.69, 9.17) is 25.8 Å². The Hall–Kier alpha value is -0.930. The highest BCUT2D eigenvalue weighted by Crippen LogP contribution is 2.38. The molecule has 0 radical (unpaired) electrons. The van der Waals surface area contributed by atoms with E-state index < -0.39 is 0 Å². The Bertz CT molecular complexity index is 666. The number of methoxy groups -OCH3 is 1. The summed E-state index contributed by atoms with van der Waals surface area (Å²) in [5.74, 6) is 2.15. The van der Waals surface area contributed by atoms with Crippen molar-refractivity contribution in [3.63, 3.8) is 0 Å². The lowest BCUT2D eigenvalue weighted by atomic mass is 9.87. The average Bonchev–Trinajstić information content (AvgIpc) is 3.28. The van der Waals surface area contributed by atoms with Crippen molar-refractivity contribution in [1.29, 1.82) is 0 Å². The lowest BCUT2D eigenvalue weighted by molar-refractivity contribution is 0.156. The van der Waals surface area contributed by atoms with Crippen LogP contribution in [-0.2, 0) is 11.3 Å². The fourth-order valence-corrected chi connectivity index (χ4v) is 4.05. The van der Waals surface area contributed by atoms with Crippen LogP contribution in [0.25, 0.3) is 0 Å². The van der Waals surface area contributed by atoms with Gasteiger partial charge in [0.25, 0.3) is 0 Å². The zero-order chi connectivity index (χ0) is 18.6. The molecule has 27 heavy (non-hydrogen) atoms. The maximum atomic E-state index is 6.36. The Kier molecular flexibility index (Phi) is 8.30. The van der Waals surface area contributed by atoms with Crippen molar-refractivity contribution in [1.82, 2.24) is 10.2 Å². The highest BCUT2D eigenvalue weighted by molar-refractivity contribution is 14.0. The smallest absolute Gasteiger partial charge is 0.193 e. The zero-order valence-electron chi connectivity index (χ0n) is 16.2.